The van der Waals surface area contributed by atoms with E-state index >= 15 is 0 Å². The van der Waals surface area contributed by atoms with Gasteiger partial charge >= 0.3 is 0 Å². The van der Waals surface area contributed by atoms with Crippen LogP contribution in [0.2, 0.25) is 5.02 Å². The first kappa shape index (κ1) is 13.4. The van der Waals surface area contributed by atoms with Crippen molar-refractivity contribution in [1.82, 2.24) is 0 Å². The van der Waals surface area contributed by atoms with E-state index in [-0.39, 0.29) is 10.5 Å². The third-order valence-electron chi connectivity index (χ3n) is 2.03. The van der Waals surface area contributed by atoms with Gasteiger partial charge in [-0.1, -0.05) is 33.6 Å². The summed E-state index contributed by atoms with van der Waals surface area (Å²) in [5, 5.41) is 11.2. The number of halogens is 2. The first-order chi connectivity index (χ1) is 7.54. The predicted octanol–water partition coefficient (Wildman–Crippen LogP) is 3.20. The SMILES string of the molecule is COCC(Br)Cc1ccc(Cl)cc1[N+](=O)[O-]. The van der Waals surface area contributed by atoms with E-state index in [1.165, 1.54) is 6.07 Å². The summed E-state index contributed by atoms with van der Waals surface area (Å²) in [6.45, 7) is 0.500. The summed E-state index contributed by atoms with van der Waals surface area (Å²) in [4.78, 5) is 10.4. The fourth-order valence-electron chi connectivity index (χ4n) is 1.36. The van der Waals surface area contributed by atoms with Crippen LogP contribution in [0.25, 0.3) is 0 Å². The molecule has 0 N–H and O–H groups in total. The van der Waals surface area contributed by atoms with Crippen molar-refractivity contribution in [2.24, 2.45) is 0 Å². The molecule has 0 saturated carbocycles. The molecule has 0 amide bonds. The van der Waals surface area contributed by atoms with Crippen LogP contribution in [-0.2, 0) is 11.2 Å². The van der Waals surface area contributed by atoms with Gasteiger partial charge in [-0.2, -0.15) is 0 Å². The number of rotatable bonds is 5. The summed E-state index contributed by atoms with van der Waals surface area (Å²) < 4.78 is 4.96. The number of benzene rings is 1. The van der Waals surface area contributed by atoms with Crippen molar-refractivity contribution in [3.05, 3.63) is 38.9 Å². The zero-order chi connectivity index (χ0) is 12.1. The highest BCUT2D eigenvalue weighted by Crippen LogP contribution is 2.25. The monoisotopic (exact) mass is 307 g/mol. The van der Waals surface area contributed by atoms with E-state index in [2.05, 4.69) is 15.9 Å². The minimum absolute atomic E-state index is 0.0491. The van der Waals surface area contributed by atoms with Crippen molar-refractivity contribution in [2.45, 2.75) is 11.2 Å². The summed E-state index contributed by atoms with van der Waals surface area (Å²) in [5.41, 5.74) is 0.696. The number of nitro groups is 1. The van der Waals surface area contributed by atoms with Crippen molar-refractivity contribution in [3.63, 3.8) is 0 Å². The van der Waals surface area contributed by atoms with Crippen LogP contribution in [0.4, 0.5) is 5.69 Å². The van der Waals surface area contributed by atoms with Crippen LogP contribution in [0.15, 0.2) is 18.2 Å². The van der Waals surface area contributed by atoms with Gasteiger partial charge in [0.25, 0.3) is 5.69 Å². The molecule has 1 atom stereocenters. The van der Waals surface area contributed by atoms with E-state index in [0.717, 1.165) is 0 Å². The second-order valence-electron chi connectivity index (χ2n) is 3.29. The number of nitro benzene ring substituents is 1. The third kappa shape index (κ3) is 3.73. The molecule has 4 nitrogen and oxygen atoms in total. The Balaban J connectivity index is 2.90. The van der Waals surface area contributed by atoms with E-state index in [1.807, 2.05) is 0 Å². The first-order valence-electron chi connectivity index (χ1n) is 4.60. The second-order valence-corrected chi connectivity index (χ2v) is 5.02. The molecule has 1 rings (SSSR count). The molecule has 16 heavy (non-hydrogen) atoms. The average molecular weight is 309 g/mol. The number of hydrogen-bond acceptors (Lipinski definition) is 3. The Morgan fingerprint density at radius 3 is 2.88 bits per heavy atom. The number of nitrogens with zero attached hydrogens (tertiary/aromatic N) is 1. The highest BCUT2D eigenvalue weighted by molar-refractivity contribution is 9.09. The van der Waals surface area contributed by atoms with Crippen LogP contribution >= 0.6 is 27.5 Å². The van der Waals surface area contributed by atoms with Gasteiger partial charge in [-0.15, -0.1) is 0 Å². The zero-order valence-electron chi connectivity index (χ0n) is 8.65. The summed E-state index contributed by atoms with van der Waals surface area (Å²) in [6.07, 6.45) is 0.529. The maximum absolute atomic E-state index is 10.8. The fraction of sp³-hybridized carbons (Fsp3) is 0.400. The fourth-order valence-corrected chi connectivity index (χ4v) is 2.14. The Morgan fingerprint density at radius 1 is 1.62 bits per heavy atom. The highest BCUT2D eigenvalue weighted by atomic mass is 79.9. The van der Waals surface area contributed by atoms with E-state index < -0.39 is 4.92 Å². The number of alkyl halides is 1. The largest absolute Gasteiger partial charge is 0.384 e. The minimum Gasteiger partial charge on any atom is -0.384 e. The summed E-state index contributed by atoms with van der Waals surface area (Å²) >= 11 is 9.11. The Bertz CT molecular complexity index is 386. The van der Waals surface area contributed by atoms with Gasteiger partial charge in [0.15, 0.2) is 0 Å². The maximum atomic E-state index is 10.8. The van der Waals surface area contributed by atoms with Gasteiger partial charge in [0.1, 0.15) is 0 Å². The summed E-state index contributed by atoms with van der Waals surface area (Å²) in [5.74, 6) is 0. The molecule has 6 heteroatoms. The molecule has 0 aliphatic heterocycles. The van der Waals surface area contributed by atoms with E-state index in [9.17, 15) is 10.1 Å². The molecule has 88 valence electrons. The van der Waals surface area contributed by atoms with Crippen LogP contribution < -0.4 is 0 Å². The molecule has 0 heterocycles. The standard InChI is InChI=1S/C10H11BrClNO3/c1-16-6-8(11)4-7-2-3-9(12)5-10(7)13(14)15/h2-3,5,8H,4,6H2,1H3. The van der Waals surface area contributed by atoms with Gasteiger partial charge in [0.05, 0.1) is 11.5 Å². The lowest BCUT2D eigenvalue weighted by Gasteiger charge is -2.08. The van der Waals surface area contributed by atoms with E-state index in [4.69, 9.17) is 16.3 Å². The number of hydrogen-bond donors (Lipinski definition) is 0. The van der Waals surface area contributed by atoms with E-state index in [0.29, 0.717) is 23.6 Å². The van der Waals surface area contributed by atoms with Crippen LogP contribution in [0.1, 0.15) is 5.56 Å². The lowest BCUT2D eigenvalue weighted by Crippen LogP contribution is -2.11. The van der Waals surface area contributed by atoms with Crippen molar-refractivity contribution < 1.29 is 9.66 Å². The minimum atomic E-state index is -0.423. The molecule has 0 aliphatic rings. The van der Waals surface area contributed by atoms with Crippen molar-refractivity contribution in [2.75, 3.05) is 13.7 Å². The van der Waals surface area contributed by atoms with Gasteiger partial charge in [0, 0.05) is 28.6 Å². The Kier molecular flexibility index (Phi) is 5.18. The van der Waals surface area contributed by atoms with Gasteiger partial charge in [0.2, 0.25) is 0 Å². The number of ether oxygens (including phenoxy) is 1. The first-order valence-corrected chi connectivity index (χ1v) is 5.89. The molecule has 0 bridgehead atoms. The van der Waals surface area contributed by atoms with Gasteiger partial charge in [-0.05, 0) is 12.5 Å². The molecule has 0 fully saturated rings. The normalized spacial score (nSPS) is 12.4. The molecule has 1 aromatic rings. The third-order valence-corrected chi connectivity index (χ3v) is 2.86. The quantitative estimate of drug-likeness (QED) is 0.477. The van der Waals surface area contributed by atoms with Gasteiger partial charge in [-0.3, -0.25) is 10.1 Å². The lowest BCUT2D eigenvalue weighted by atomic mass is 10.1. The average Bonchev–Trinajstić information content (AvgIpc) is 2.20. The van der Waals surface area contributed by atoms with Gasteiger partial charge in [-0.25, -0.2) is 0 Å². The number of methoxy groups -OCH3 is 1. The van der Waals surface area contributed by atoms with Crippen molar-refractivity contribution >= 4 is 33.2 Å². The predicted molar refractivity (Wildman–Crippen MR) is 66.4 cm³/mol. The highest BCUT2D eigenvalue weighted by Gasteiger charge is 2.17. The molecule has 0 saturated heterocycles. The maximum Gasteiger partial charge on any atom is 0.274 e. The smallest absolute Gasteiger partial charge is 0.274 e. The Labute approximate surface area is 107 Å². The van der Waals surface area contributed by atoms with Crippen LogP contribution in [0.3, 0.4) is 0 Å². The summed E-state index contributed by atoms with van der Waals surface area (Å²) in [6, 6.07) is 4.68. The molecule has 0 spiro atoms. The Hall–Kier alpha value is -0.650. The van der Waals surface area contributed by atoms with Gasteiger partial charge < -0.3 is 4.74 Å². The topological polar surface area (TPSA) is 52.4 Å². The molecular weight excluding hydrogens is 297 g/mol. The molecule has 1 aromatic carbocycles. The summed E-state index contributed by atoms with van der Waals surface area (Å²) in [7, 11) is 1.59. The van der Waals surface area contributed by atoms with E-state index in [1.54, 1.807) is 19.2 Å². The van der Waals surface area contributed by atoms with Crippen molar-refractivity contribution in [1.29, 1.82) is 0 Å². The second kappa shape index (κ2) is 6.18. The molecule has 0 aliphatic carbocycles. The lowest BCUT2D eigenvalue weighted by molar-refractivity contribution is -0.385. The molecule has 1 unspecified atom stereocenters. The molecular formula is C10H11BrClNO3. The Morgan fingerprint density at radius 2 is 2.31 bits per heavy atom. The van der Waals surface area contributed by atoms with Crippen molar-refractivity contribution in [3.8, 4) is 0 Å². The molecule has 0 aromatic heterocycles. The zero-order valence-corrected chi connectivity index (χ0v) is 11.0. The van der Waals surface area contributed by atoms with Crippen LogP contribution in [-0.4, -0.2) is 23.5 Å². The molecule has 0 radical (unpaired) electrons. The van der Waals surface area contributed by atoms with Crippen LogP contribution in [0.5, 0.6) is 0 Å². The van der Waals surface area contributed by atoms with Crippen LogP contribution in [0, 0.1) is 10.1 Å².